The van der Waals surface area contributed by atoms with Crippen molar-refractivity contribution in [2.24, 2.45) is 17.8 Å². The Kier molecular flexibility index (Phi) is 21.4. The molecule has 0 spiro atoms. The highest BCUT2D eigenvalue weighted by Crippen LogP contribution is 2.30. The van der Waals surface area contributed by atoms with Crippen molar-refractivity contribution in [3.63, 3.8) is 0 Å². The molecule has 0 aromatic heterocycles. The van der Waals surface area contributed by atoms with Crippen LogP contribution in [0.4, 0.5) is 0 Å². The molecule has 2 amide bonds. The second-order valence-corrected chi connectivity index (χ2v) is 16.3. The van der Waals surface area contributed by atoms with Crippen LogP contribution in [-0.4, -0.2) is 189 Å². The second kappa shape index (κ2) is 24.6. The molecule has 0 saturated carbocycles. The molecule has 3 saturated heterocycles. The van der Waals surface area contributed by atoms with Crippen LogP contribution >= 0.6 is 0 Å². The lowest BCUT2D eigenvalue weighted by molar-refractivity contribution is -0.283. The lowest BCUT2D eigenvalue weighted by atomic mass is 9.82. The van der Waals surface area contributed by atoms with Gasteiger partial charge in [-0.05, 0) is 19.3 Å². The highest BCUT2D eigenvalue weighted by Gasteiger charge is 2.45. The maximum Gasteiger partial charge on any atom is 0.221 e. The van der Waals surface area contributed by atoms with Crippen LogP contribution < -0.4 is 16.0 Å². The standard InChI is InChI=1S/C38H69N3O18/c1-19(2)41-38(10-6-23(45)9-13-54-35-20(3)29(48)32(51)24(14-42)57-35,11-7-27(46)39-17-55-36-21(4)30(49)33(52)25(15-43)58-36)12-8-28(47)40-18-56-37-22(5)31(50)34(53)26(16-44)59-37/h19-22,24-26,29-37,41-44,48-53H,6-18H2,1-5H3,(H,39,46)(H,40,47)/t20?,21?,22?,24?,25?,26?,29-,30-,31-,32+,33+,34+,35-,36-,37-,38?/m1/s1. The van der Waals surface area contributed by atoms with E-state index in [2.05, 4.69) is 16.0 Å². The van der Waals surface area contributed by atoms with E-state index in [1.54, 1.807) is 20.8 Å². The first-order chi connectivity index (χ1) is 27.9. The molecule has 344 valence electrons. The van der Waals surface area contributed by atoms with E-state index in [0.29, 0.717) is 0 Å². The Labute approximate surface area is 344 Å². The van der Waals surface area contributed by atoms with Crippen LogP contribution in [0, 0.1) is 17.8 Å². The molecule has 21 nitrogen and oxygen atoms in total. The molecule has 6 unspecified atom stereocenters. The second-order valence-electron chi connectivity index (χ2n) is 16.3. The van der Waals surface area contributed by atoms with Crippen LogP contribution in [0.25, 0.3) is 0 Å². The van der Waals surface area contributed by atoms with Gasteiger partial charge in [0.25, 0.3) is 0 Å². The van der Waals surface area contributed by atoms with Crippen molar-refractivity contribution in [2.45, 2.75) is 165 Å². The maximum atomic E-state index is 13.2. The predicted octanol–water partition coefficient (Wildman–Crippen LogP) is -3.55. The van der Waals surface area contributed by atoms with E-state index in [9.17, 15) is 60.3 Å². The topological polar surface area (TPSA) is 325 Å². The number of amides is 2. The van der Waals surface area contributed by atoms with Crippen LogP contribution in [0.5, 0.6) is 0 Å². The van der Waals surface area contributed by atoms with Crippen LogP contribution in [0.1, 0.15) is 79.6 Å². The zero-order valence-corrected chi connectivity index (χ0v) is 34.6. The fourth-order valence-electron chi connectivity index (χ4n) is 7.52. The number of carbonyl (C=O) groups excluding carboxylic acids is 3. The average molecular weight is 856 g/mol. The molecular formula is C38H69N3O18. The van der Waals surface area contributed by atoms with Crippen molar-refractivity contribution in [3.8, 4) is 0 Å². The molecule has 3 heterocycles. The first-order valence-corrected chi connectivity index (χ1v) is 20.4. The van der Waals surface area contributed by atoms with Crippen molar-refractivity contribution in [2.75, 3.05) is 39.9 Å². The summed E-state index contributed by atoms with van der Waals surface area (Å²) in [6.07, 6.45) is -13.3. The van der Waals surface area contributed by atoms with Crippen molar-refractivity contribution in [1.82, 2.24) is 16.0 Å². The fraction of sp³-hybridized carbons (Fsp3) is 0.921. The van der Waals surface area contributed by atoms with E-state index in [-0.39, 0.29) is 76.8 Å². The molecular weight excluding hydrogens is 786 g/mol. The number of carbonyl (C=O) groups is 3. The molecule has 0 aromatic carbocycles. The lowest BCUT2D eigenvalue weighted by Gasteiger charge is -2.40. The minimum Gasteiger partial charge on any atom is -0.394 e. The van der Waals surface area contributed by atoms with E-state index >= 15 is 0 Å². The average Bonchev–Trinajstić information content (AvgIpc) is 3.21. The number of ether oxygens (including phenoxy) is 6. The Morgan fingerprint density at radius 3 is 1.27 bits per heavy atom. The number of hydrogen-bond donors (Lipinski definition) is 12. The van der Waals surface area contributed by atoms with Gasteiger partial charge in [-0.2, -0.15) is 0 Å². The molecule has 21 heteroatoms. The van der Waals surface area contributed by atoms with Crippen LogP contribution in [0.15, 0.2) is 0 Å². The van der Waals surface area contributed by atoms with Gasteiger partial charge in [0.2, 0.25) is 11.8 Å². The van der Waals surface area contributed by atoms with Gasteiger partial charge in [0.05, 0.1) is 44.7 Å². The molecule has 3 aliphatic rings. The molecule has 0 bridgehead atoms. The van der Waals surface area contributed by atoms with Gasteiger partial charge < -0.3 is 90.3 Å². The first kappa shape index (κ1) is 51.3. The van der Waals surface area contributed by atoms with E-state index in [1.165, 1.54) is 0 Å². The summed E-state index contributed by atoms with van der Waals surface area (Å²) >= 11 is 0. The van der Waals surface area contributed by atoms with Crippen molar-refractivity contribution in [3.05, 3.63) is 0 Å². The molecule has 0 aliphatic carbocycles. The van der Waals surface area contributed by atoms with Gasteiger partial charge in [0.15, 0.2) is 18.9 Å². The molecule has 3 fully saturated rings. The minimum absolute atomic E-state index is 0.0303. The van der Waals surface area contributed by atoms with E-state index in [0.717, 1.165) is 0 Å². The zero-order chi connectivity index (χ0) is 44.0. The van der Waals surface area contributed by atoms with Gasteiger partial charge in [-0.15, -0.1) is 0 Å². The zero-order valence-electron chi connectivity index (χ0n) is 34.6. The third-order valence-electron chi connectivity index (χ3n) is 11.4. The summed E-state index contributed by atoms with van der Waals surface area (Å²) < 4.78 is 33.6. The summed E-state index contributed by atoms with van der Waals surface area (Å²) in [6.45, 7) is 6.25. The summed E-state index contributed by atoms with van der Waals surface area (Å²) in [5.74, 6) is -3.01. The molecule has 15 atom stereocenters. The predicted molar refractivity (Wildman–Crippen MR) is 203 cm³/mol. The number of Topliss-reactive ketones (excluding diaryl/α,β-unsaturated/α-hetero) is 1. The number of aliphatic hydroxyl groups excluding tert-OH is 9. The highest BCUT2D eigenvalue weighted by molar-refractivity contribution is 5.79. The maximum absolute atomic E-state index is 13.2. The third-order valence-corrected chi connectivity index (χ3v) is 11.4. The summed E-state index contributed by atoms with van der Waals surface area (Å²) in [6, 6.07) is -0.144. The summed E-state index contributed by atoms with van der Waals surface area (Å²) in [7, 11) is 0. The van der Waals surface area contributed by atoms with Crippen molar-refractivity contribution >= 4 is 17.6 Å². The van der Waals surface area contributed by atoms with Gasteiger partial charge in [0.1, 0.15) is 55.9 Å². The Hall–Kier alpha value is -2.03. The number of aliphatic hydroxyl groups is 9. The Morgan fingerprint density at radius 1 is 0.559 bits per heavy atom. The minimum atomic E-state index is -1.31. The number of hydrogen-bond acceptors (Lipinski definition) is 19. The van der Waals surface area contributed by atoms with Gasteiger partial charge in [-0.3, -0.25) is 14.4 Å². The number of rotatable bonds is 24. The first-order valence-electron chi connectivity index (χ1n) is 20.4. The molecule has 0 radical (unpaired) electrons. The molecule has 0 aromatic rings. The largest absolute Gasteiger partial charge is 0.394 e. The summed E-state index contributed by atoms with van der Waals surface area (Å²) in [4.78, 5) is 39.5. The van der Waals surface area contributed by atoms with E-state index in [1.807, 2.05) is 13.8 Å². The van der Waals surface area contributed by atoms with E-state index < -0.39 is 129 Å². The van der Waals surface area contributed by atoms with E-state index in [4.69, 9.17) is 28.4 Å². The highest BCUT2D eigenvalue weighted by atomic mass is 16.7. The molecule has 3 aliphatic heterocycles. The van der Waals surface area contributed by atoms with Crippen LogP contribution in [0.2, 0.25) is 0 Å². The van der Waals surface area contributed by atoms with Crippen LogP contribution in [0.3, 0.4) is 0 Å². The molecule has 3 rings (SSSR count). The Bertz CT molecular complexity index is 1140. The third kappa shape index (κ3) is 14.8. The Balaban J connectivity index is 1.62. The van der Waals surface area contributed by atoms with Gasteiger partial charge in [0, 0.05) is 55.0 Å². The number of nitrogens with one attached hydrogen (secondary N) is 3. The normalized spacial score (nSPS) is 36.2. The lowest BCUT2D eigenvalue weighted by Crippen LogP contribution is -2.56. The monoisotopic (exact) mass is 855 g/mol. The van der Waals surface area contributed by atoms with Crippen molar-refractivity contribution < 1.29 is 88.8 Å². The summed E-state index contributed by atoms with van der Waals surface area (Å²) in [5, 5.41) is 98.5. The quantitative estimate of drug-likeness (QED) is 0.0418. The molecule has 12 N–H and O–H groups in total. The van der Waals surface area contributed by atoms with Gasteiger partial charge >= 0.3 is 0 Å². The smallest absolute Gasteiger partial charge is 0.221 e. The number of ketones is 1. The van der Waals surface area contributed by atoms with Crippen LogP contribution in [-0.2, 0) is 42.8 Å². The summed E-state index contributed by atoms with van der Waals surface area (Å²) in [5.41, 5.74) is -0.915. The fourth-order valence-corrected chi connectivity index (χ4v) is 7.52. The van der Waals surface area contributed by atoms with Gasteiger partial charge in [-0.25, -0.2) is 0 Å². The SMILES string of the molecule is CC(C)NC(CCC(=O)CCO[C@@H]1OC(CO)[C@H](O)[C@H](O)C1C)(CCC(=O)NCO[C@@H]1OC(CO)[C@H](O)[C@H](O)C1C)CCC(=O)NCO[C@@H]1OC(CO)[C@H](O)[C@H](O)C1C. The molecule has 59 heavy (non-hydrogen) atoms. The van der Waals surface area contributed by atoms with Gasteiger partial charge in [-0.1, -0.05) is 34.6 Å². The Morgan fingerprint density at radius 2 is 0.915 bits per heavy atom. The van der Waals surface area contributed by atoms with Crippen molar-refractivity contribution in [1.29, 1.82) is 0 Å².